The van der Waals surface area contributed by atoms with Crippen LogP contribution >= 0.6 is 0 Å². The van der Waals surface area contributed by atoms with Gasteiger partial charge in [0, 0.05) is 25.6 Å². The molecule has 1 aromatic rings. The summed E-state index contributed by atoms with van der Waals surface area (Å²) in [5.74, 6) is 1.29. The number of hydrogen-bond acceptors (Lipinski definition) is 5. The van der Waals surface area contributed by atoms with Crippen LogP contribution in [0.4, 0.5) is 5.69 Å². The molecule has 1 saturated heterocycles. The van der Waals surface area contributed by atoms with Gasteiger partial charge in [-0.05, 0) is 25.5 Å². The molecule has 20 heavy (non-hydrogen) atoms. The second-order valence-electron chi connectivity index (χ2n) is 4.88. The number of carbonyl (C=O) groups excluding carboxylic acids is 1. The topological polar surface area (TPSA) is 64.8 Å². The number of hydrogen-bond donors (Lipinski definition) is 1. The normalized spacial score (nSPS) is 14.4. The van der Waals surface area contributed by atoms with E-state index in [1.165, 1.54) is 12.8 Å². The van der Waals surface area contributed by atoms with Crippen molar-refractivity contribution in [3.05, 3.63) is 17.7 Å². The number of nitrogens with two attached hydrogens (primary N) is 1. The van der Waals surface area contributed by atoms with Gasteiger partial charge in [0.25, 0.3) is 0 Å². The monoisotopic (exact) mass is 278 g/mol. The summed E-state index contributed by atoms with van der Waals surface area (Å²) < 4.78 is 10.8. The van der Waals surface area contributed by atoms with E-state index >= 15 is 0 Å². The van der Waals surface area contributed by atoms with E-state index in [0.717, 1.165) is 18.8 Å². The first-order valence-electron chi connectivity index (χ1n) is 6.95. The fourth-order valence-corrected chi connectivity index (χ4v) is 2.57. The molecule has 0 saturated carbocycles. The molecule has 5 heteroatoms. The van der Waals surface area contributed by atoms with Crippen LogP contribution < -0.4 is 20.1 Å². The van der Waals surface area contributed by atoms with E-state index in [1.807, 2.05) is 6.07 Å². The summed E-state index contributed by atoms with van der Waals surface area (Å²) in [5, 5.41) is 0. The van der Waals surface area contributed by atoms with Gasteiger partial charge in [-0.3, -0.25) is 4.79 Å². The molecule has 0 radical (unpaired) electrons. The molecular weight excluding hydrogens is 256 g/mol. The van der Waals surface area contributed by atoms with Crippen molar-refractivity contribution >= 4 is 11.5 Å². The lowest BCUT2D eigenvalue weighted by atomic mass is 10.1. The van der Waals surface area contributed by atoms with E-state index in [9.17, 15) is 4.79 Å². The average molecular weight is 278 g/mol. The van der Waals surface area contributed by atoms with Crippen molar-refractivity contribution in [2.24, 2.45) is 5.73 Å². The van der Waals surface area contributed by atoms with Crippen LogP contribution in [0.2, 0.25) is 0 Å². The quantitative estimate of drug-likeness (QED) is 0.804. The molecule has 1 aliphatic rings. The van der Waals surface area contributed by atoms with Gasteiger partial charge in [0.1, 0.15) is 11.5 Å². The van der Waals surface area contributed by atoms with E-state index in [1.54, 1.807) is 20.3 Å². The zero-order valence-electron chi connectivity index (χ0n) is 12.1. The van der Waals surface area contributed by atoms with Gasteiger partial charge in [-0.2, -0.15) is 0 Å². The van der Waals surface area contributed by atoms with Crippen molar-refractivity contribution < 1.29 is 14.3 Å². The zero-order chi connectivity index (χ0) is 14.5. The van der Waals surface area contributed by atoms with Crippen LogP contribution in [-0.4, -0.2) is 39.6 Å². The molecular formula is C15H22N2O3. The standard InChI is InChI=1S/C15H22N2O3/c1-19-14-10-12(17-7-3-4-8-17)15(20-2)9-11(14)13(18)5-6-16/h9-10H,3-8,16H2,1-2H3. The van der Waals surface area contributed by atoms with Crippen molar-refractivity contribution in [1.82, 2.24) is 0 Å². The number of carbonyl (C=O) groups is 1. The lowest BCUT2D eigenvalue weighted by Crippen LogP contribution is -2.19. The van der Waals surface area contributed by atoms with Crippen LogP contribution in [0.1, 0.15) is 29.6 Å². The van der Waals surface area contributed by atoms with Crippen molar-refractivity contribution in [3.63, 3.8) is 0 Å². The van der Waals surface area contributed by atoms with E-state index in [-0.39, 0.29) is 5.78 Å². The summed E-state index contributed by atoms with van der Waals surface area (Å²) in [7, 11) is 3.20. The summed E-state index contributed by atoms with van der Waals surface area (Å²) in [5.41, 5.74) is 6.99. The number of benzene rings is 1. The maximum absolute atomic E-state index is 12.1. The second kappa shape index (κ2) is 6.61. The predicted molar refractivity (Wildman–Crippen MR) is 79.0 cm³/mol. The fourth-order valence-electron chi connectivity index (χ4n) is 2.57. The first-order chi connectivity index (χ1) is 9.71. The van der Waals surface area contributed by atoms with Crippen LogP contribution in [0, 0.1) is 0 Å². The molecule has 0 bridgehead atoms. The van der Waals surface area contributed by atoms with Gasteiger partial charge in [0.2, 0.25) is 0 Å². The Morgan fingerprint density at radius 1 is 1.20 bits per heavy atom. The summed E-state index contributed by atoms with van der Waals surface area (Å²) in [4.78, 5) is 14.4. The Bertz CT molecular complexity index is 482. The Labute approximate surface area is 119 Å². The summed E-state index contributed by atoms with van der Waals surface area (Å²) in [6, 6.07) is 3.67. The van der Waals surface area contributed by atoms with Gasteiger partial charge in [0.15, 0.2) is 5.78 Å². The minimum Gasteiger partial charge on any atom is -0.496 e. The minimum atomic E-state index is -0.0179. The maximum Gasteiger partial charge on any atom is 0.167 e. The molecule has 110 valence electrons. The van der Waals surface area contributed by atoms with Crippen LogP contribution in [0.5, 0.6) is 11.5 Å². The molecule has 2 N–H and O–H groups in total. The Morgan fingerprint density at radius 2 is 1.85 bits per heavy atom. The minimum absolute atomic E-state index is 0.0179. The highest BCUT2D eigenvalue weighted by Crippen LogP contribution is 2.37. The first kappa shape index (κ1) is 14.7. The van der Waals surface area contributed by atoms with Crippen LogP contribution in [-0.2, 0) is 0 Å². The van der Waals surface area contributed by atoms with E-state index in [0.29, 0.717) is 30.0 Å². The molecule has 1 aliphatic heterocycles. The molecule has 5 nitrogen and oxygen atoms in total. The SMILES string of the molecule is COc1cc(N2CCCC2)c(OC)cc1C(=O)CCN. The smallest absolute Gasteiger partial charge is 0.167 e. The van der Waals surface area contributed by atoms with E-state index < -0.39 is 0 Å². The Morgan fingerprint density at radius 3 is 2.40 bits per heavy atom. The van der Waals surface area contributed by atoms with E-state index in [4.69, 9.17) is 15.2 Å². The van der Waals surface area contributed by atoms with Gasteiger partial charge < -0.3 is 20.1 Å². The summed E-state index contributed by atoms with van der Waals surface area (Å²) in [6.07, 6.45) is 2.67. The summed E-state index contributed by atoms with van der Waals surface area (Å²) >= 11 is 0. The molecule has 0 unspecified atom stereocenters. The molecule has 1 aromatic carbocycles. The van der Waals surface area contributed by atoms with Crippen molar-refractivity contribution in [2.45, 2.75) is 19.3 Å². The number of ether oxygens (including phenoxy) is 2. The van der Waals surface area contributed by atoms with Gasteiger partial charge in [-0.1, -0.05) is 0 Å². The first-order valence-corrected chi connectivity index (χ1v) is 6.95. The molecule has 0 aromatic heterocycles. The van der Waals surface area contributed by atoms with Crippen LogP contribution in [0.15, 0.2) is 12.1 Å². The highest BCUT2D eigenvalue weighted by molar-refractivity contribution is 6.00. The number of nitrogens with zero attached hydrogens (tertiary/aromatic N) is 1. The second-order valence-corrected chi connectivity index (χ2v) is 4.88. The maximum atomic E-state index is 12.1. The Balaban J connectivity index is 2.42. The number of Topliss-reactive ketones (excluding diaryl/α,β-unsaturated/α-hetero) is 1. The third-order valence-electron chi connectivity index (χ3n) is 3.62. The number of ketones is 1. The van der Waals surface area contributed by atoms with Crippen molar-refractivity contribution in [2.75, 3.05) is 38.8 Å². The van der Waals surface area contributed by atoms with Gasteiger partial charge in [-0.25, -0.2) is 0 Å². The number of anilines is 1. The van der Waals surface area contributed by atoms with Crippen LogP contribution in [0.25, 0.3) is 0 Å². The molecule has 1 heterocycles. The molecule has 0 aliphatic carbocycles. The highest BCUT2D eigenvalue weighted by atomic mass is 16.5. The Hall–Kier alpha value is -1.75. The molecule has 0 spiro atoms. The molecule has 0 amide bonds. The highest BCUT2D eigenvalue weighted by Gasteiger charge is 2.21. The van der Waals surface area contributed by atoms with Crippen molar-refractivity contribution in [3.8, 4) is 11.5 Å². The lowest BCUT2D eigenvalue weighted by molar-refractivity contribution is 0.0982. The van der Waals surface area contributed by atoms with Crippen LogP contribution in [0.3, 0.4) is 0 Å². The number of methoxy groups -OCH3 is 2. The predicted octanol–water partition coefficient (Wildman–Crippen LogP) is 1.84. The third-order valence-corrected chi connectivity index (χ3v) is 3.62. The number of rotatable bonds is 6. The molecule has 1 fully saturated rings. The van der Waals surface area contributed by atoms with E-state index in [2.05, 4.69) is 4.90 Å². The van der Waals surface area contributed by atoms with Gasteiger partial charge in [0.05, 0.1) is 25.5 Å². The average Bonchev–Trinajstić information content (AvgIpc) is 3.00. The molecule has 0 atom stereocenters. The van der Waals surface area contributed by atoms with Crippen molar-refractivity contribution in [1.29, 1.82) is 0 Å². The summed E-state index contributed by atoms with van der Waals surface area (Å²) in [6.45, 7) is 2.35. The fraction of sp³-hybridized carbons (Fsp3) is 0.533. The molecule has 2 rings (SSSR count). The van der Waals surface area contributed by atoms with Gasteiger partial charge in [-0.15, -0.1) is 0 Å². The third kappa shape index (κ3) is 2.88. The zero-order valence-corrected chi connectivity index (χ0v) is 12.1. The van der Waals surface area contributed by atoms with Gasteiger partial charge >= 0.3 is 0 Å². The lowest BCUT2D eigenvalue weighted by Gasteiger charge is -2.22. The largest absolute Gasteiger partial charge is 0.496 e. The Kier molecular flexibility index (Phi) is 4.84.